The van der Waals surface area contributed by atoms with E-state index >= 15 is 0 Å². The average molecular weight is 512 g/mol. The van der Waals surface area contributed by atoms with Gasteiger partial charge in [0.1, 0.15) is 5.75 Å². The van der Waals surface area contributed by atoms with Crippen LogP contribution in [-0.2, 0) is 21.4 Å². The lowest BCUT2D eigenvalue weighted by atomic mass is 10.0. The van der Waals surface area contributed by atoms with E-state index in [1.807, 2.05) is 0 Å². The Kier molecular flexibility index (Phi) is 5.46. The third-order valence-electron chi connectivity index (χ3n) is 6.11. The zero-order valence-electron chi connectivity index (χ0n) is 17.7. The summed E-state index contributed by atoms with van der Waals surface area (Å²) in [6, 6.07) is 3.72. The van der Waals surface area contributed by atoms with Crippen molar-refractivity contribution in [2.24, 2.45) is 5.92 Å². The van der Waals surface area contributed by atoms with Gasteiger partial charge in [-0.05, 0) is 37.5 Å². The van der Waals surface area contributed by atoms with E-state index in [9.17, 15) is 39.6 Å². The lowest BCUT2D eigenvalue weighted by molar-refractivity contribution is -0.189. The molecule has 4 rings (SSSR count). The van der Waals surface area contributed by atoms with Gasteiger partial charge in [0.2, 0.25) is 5.76 Å². The highest BCUT2D eigenvalue weighted by molar-refractivity contribution is 7.90. The van der Waals surface area contributed by atoms with Crippen LogP contribution in [0.5, 0.6) is 5.75 Å². The maximum Gasteiger partial charge on any atom is 0.452 e. The monoisotopic (exact) mass is 512 g/mol. The van der Waals surface area contributed by atoms with Crippen molar-refractivity contribution in [1.29, 1.82) is 0 Å². The van der Waals surface area contributed by atoms with Gasteiger partial charge in [0, 0.05) is 30.8 Å². The molecule has 1 saturated carbocycles. The van der Waals surface area contributed by atoms with Crippen LogP contribution in [0.1, 0.15) is 35.2 Å². The maximum absolute atomic E-state index is 13.2. The van der Waals surface area contributed by atoms with Crippen molar-refractivity contribution < 1.29 is 48.8 Å². The van der Waals surface area contributed by atoms with E-state index in [0.29, 0.717) is 6.42 Å². The molecule has 3 atom stereocenters. The van der Waals surface area contributed by atoms with Crippen molar-refractivity contribution in [3.63, 3.8) is 0 Å². The molecule has 2 unspecified atom stereocenters. The lowest BCUT2D eigenvalue weighted by Gasteiger charge is -2.24. The first-order chi connectivity index (χ1) is 15.5. The molecule has 2 aliphatic rings. The number of amides is 1. The Bertz CT molecular complexity index is 1240. The highest BCUT2D eigenvalue weighted by atomic mass is 32.2. The van der Waals surface area contributed by atoms with Crippen molar-refractivity contribution in [2.45, 2.75) is 42.1 Å². The van der Waals surface area contributed by atoms with Crippen molar-refractivity contribution in [1.82, 2.24) is 10.1 Å². The van der Waals surface area contributed by atoms with Gasteiger partial charge in [-0.2, -0.15) is 26.3 Å². The normalized spacial score (nSPS) is 23.5. The fraction of sp³-hybridized carbons (Fsp3) is 0.500. The van der Waals surface area contributed by atoms with Crippen LogP contribution in [0.3, 0.4) is 0 Å². The van der Waals surface area contributed by atoms with Gasteiger partial charge in [0.25, 0.3) is 5.91 Å². The highest BCUT2D eigenvalue weighted by Crippen LogP contribution is 2.59. The number of halogens is 6. The summed E-state index contributed by atoms with van der Waals surface area (Å²) in [7, 11) is -3.80. The minimum Gasteiger partial charge on any atom is -0.480 e. The summed E-state index contributed by atoms with van der Waals surface area (Å²) in [4.78, 5) is 14.2. The maximum atomic E-state index is 13.2. The molecule has 1 aliphatic carbocycles. The van der Waals surface area contributed by atoms with Crippen LogP contribution < -0.4 is 4.74 Å². The molecule has 1 aliphatic heterocycles. The van der Waals surface area contributed by atoms with E-state index in [1.54, 1.807) is 0 Å². The number of hydrogen-bond acceptors (Lipinski definition) is 6. The zero-order chi connectivity index (χ0) is 25.3. The summed E-state index contributed by atoms with van der Waals surface area (Å²) in [5.41, 5.74) is -1.23. The molecule has 0 N–H and O–H groups in total. The predicted octanol–water partition coefficient (Wildman–Crippen LogP) is 3.84. The number of sulfone groups is 1. The van der Waals surface area contributed by atoms with Crippen LogP contribution in [0, 0.1) is 5.92 Å². The number of carbonyl (C=O) groups excluding carboxylic acids is 1. The number of likely N-dealkylation sites (tertiary alicyclic amines) is 1. The largest absolute Gasteiger partial charge is 0.480 e. The number of hydrogen-bond donors (Lipinski definition) is 0. The Morgan fingerprint density at radius 3 is 2.47 bits per heavy atom. The molecule has 0 radical (unpaired) electrons. The molecular weight excluding hydrogens is 494 g/mol. The molecule has 186 valence electrons. The number of aromatic nitrogens is 1. The summed E-state index contributed by atoms with van der Waals surface area (Å²) in [5, 5.41) is 3.51. The molecule has 1 amide bonds. The van der Waals surface area contributed by atoms with Crippen molar-refractivity contribution in [3.05, 3.63) is 41.3 Å². The minimum atomic E-state index is -4.74. The van der Waals surface area contributed by atoms with E-state index in [-0.39, 0.29) is 29.6 Å². The van der Waals surface area contributed by atoms with Crippen molar-refractivity contribution in [3.8, 4) is 5.75 Å². The number of piperidine rings is 1. The molecule has 1 saturated heterocycles. The first-order valence-electron chi connectivity index (χ1n) is 9.93. The molecule has 2 heterocycles. The third-order valence-corrected chi connectivity index (χ3v) is 7.22. The Morgan fingerprint density at radius 2 is 1.91 bits per heavy atom. The zero-order valence-corrected chi connectivity index (χ0v) is 18.5. The quantitative estimate of drug-likeness (QED) is 0.566. The number of ether oxygens (including phenoxy) is 1. The van der Waals surface area contributed by atoms with E-state index in [4.69, 9.17) is 4.74 Å². The van der Waals surface area contributed by atoms with Crippen LogP contribution in [0.15, 0.2) is 33.7 Å². The Morgan fingerprint density at radius 1 is 1.24 bits per heavy atom. The number of nitrogens with zero attached hydrogens (tertiary/aromatic N) is 2. The summed E-state index contributed by atoms with van der Waals surface area (Å²) in [6.45, 7) is 0.781. The second kappa shape index (κ2) is 7.62. The smallest absolute Gasteiger partial charge is 0.452 e. The van der Waals surface area contributed by atoms with Gasteiger partial charge in [0.15, 0.2) is 15.9 Å². The summed E-state index contributed by atoms with van der Waals surface area (Å²) >= 11 is 0. The predicted molar refractivity (Wildman–Crippen MR) is 103 cm³/mol. The second-order valence-electron chi connectivity index (χ2n) is 8.55. The van der Waals surface area contributed by atoms with Crippen LogP contribution in [0.25, 0.3) is 0 Å². The Balaban J connectivity index is 1.63. The molecule has 1 aromatic carbocycles. The van der Waals surface area contributed by atoms with Gasteiger partial charge >= 0.3 is 12.4 Å². The van der Waals surface area contributed by atoms with E-state index in [2.05, 4.69) is 9.68 Å². The van der Waals surface area contributed by atoms with E-state index in [0.717, 1.165) is 37.4 Å². The third kappa shape index (κ3) is 4.34. The highest BCUT2D eigenvalue weighted by Gasteiger charge is 2.64. The van der Waals surface area contributed by atoms with Crippen LogP contribution >= 0.6 is 0 Å². The first-order valence-corrected chi connectivity index (χ1v) is 11.8. The van der Waals surface area contributed by atoms with Crippen LogP contribution in [0.2, 0.25) is 0 Å². The van der Waals surface area contributed by atoms with E-state index in [1.165, 1.54) is 4.90 Å². The lowest BCUT2D eigenvalue weighted by Crippen LogP contribution is -2.35. The number of benzene rings is 1. The first kappa shape index (κ1) is 24.4. The molecule has 0 bridgehead atoms. The number of carbonyl (C=O) groups is 1. The van der Waals surface area contributed by atoms with Crippen LogP contribution in [-0.4, -0.2) is 56.0 Å². The van der Waals surface area contributed by atoms with Gasteiger partial charge in [0.05, 0.1) is 16.2 Å². The van der Waals surface area contributed by atoms with Gasteiger partial charge in [-0.1, -0.05) is 5.16 Å². The number of fused-ring (bicyclic) bond motifs is 1. The molecule has 1 aromatic heterocycles. The summed E-state index contributed by atoms with van der Waals surface area (Å²) in [6.07, 6.45) is -10.4. The topological polar surface area (TPSA) is 89.7 Å². The Labute approximate surface area is 189 Å². The summed E-state index contributed by atoms with van der Waals surface area (Å²) in [5.74, 6) is -2.76. The molecular formula is C20H18F6N2O5S. The van der Waals surface area contributed by atoms with Crippen molar-refractivity contribution in [2.75, 3.05) is 19.3 Å². The van der Waals surface area contributed by atoms with Crippen LogP contribution in [0.4, 0.5) is 26.3 Å². The van der Waals surface area contributed by atoms with Gasteiger partial charge in [-0.25, -0.2) is 8.42 Å². The van der Waals surface area contributed by atoms with Gasteiger partial charge < -0.3 is 14.2 Å². The Hall–Kier alpha value is -2.77. The average Bonchev–Trinajstić information content (AvgIpc) is 3.07. The number of rotatable bonds is 5. The molecule has 2 fully saturated rings. The molecule has 34 heavy (non-hydrogen) atoms. The van der Waals surface area contributed by atoms with E-state index < -0.39 is 56.7 Å². The molecule has 14 heteroatoms. The minimum absolute atomic E-state index is 0.0344. The number of alkyl halides is 6. The van der Waals surface area contributed by atoms with Crippen molar-refractivity contribution >= 4 is 15.7 Å². The summed E-state index contributed by atoms with van der Waals surface area (Å²) < 4.78 is 111. The molecule has 7 nitrogen and oxygen atoms in total. The van der Waals surface area contributed by atoms with Gasteiger partial charge in [-0.3, -0.25) is 4.79 Å². The molecule has 0 spiro atoms. The standard InChI is InChI=1S/C20H18F6N2O5S/c1-10(19(21,22)23)32-14-4-3-12(34(2,30)31)5-13(14)17(29)28-8-11-7-18(11,9-28)15-6-16(33-27-15)20(24,25)26/h3-6,10-11H,7-9H2,1-2H3/t10-,11?,18?/m0/s1. The fourth-order valence-electron chi connectivity index (χ4n) is 4.11. The van der Waals surface area contributed by atoms with Gasteiger partial charge in [-0.15, -0.1) is 0 Å². The molecule has 2 aromatic rings. The SMILES string of the molecule is C[C@H](Oc1ccc(S(C)(=O)=O)cc1C(=O)N1CC2CC2(c2cc(C(F)(F)F)on2)C1)C(F)(F)F. The fourth-order valence-corrected chi connectivity index (χ4v) is 4.76. The second-order valence-corrected chi connectivity index (χ2v) is 10.6.